The molecule has 0 aliphatic rings. The van der Waals surface area contributed by atoms with Crippen molar-refractivity contribution in [2.45, 2.75) is 25.8 Å². The summed E-state index contributed by atoms with van der Waals surface area (Å²) in [6.07, 6.45) is 0.658. The molecule has 0 radical (unpaired) electrons. The van der Waals surface area contributed by atoms with Gasteiger partial charge in [0.05, 0.1) is 26.9 Å². The third-order valence-electron chi connectivity index (χ3n) is 4.24. The number of nitrogens with one attached hydrogen (secondary N) is 1. The molecule has 0 bridgehead atoms. The maximum atomic E-state index is 12.1. The SMILES string of the molecule is COc1ccc(OC)c([C@@H](C)NC(=O)COC(=O)CCCOc2cccc(Br)c2)c1. The van der Waals surface area contributed by atoms with Crippen LogP contribution in [0, 0.1) is 0 Å². The summed E-state index contributed by atoms with van der Waals surface area (Å²) in [7, 11) is 3.13. The van der Waals surface area contributed by atoms with Gasteiger partial charge in [-0.1, -0.05) is 22.0 Å². The Kier molecular flexibility index (Phi) is 9.47. The predicted octanol–water partition coefficient (Wildman–Crippen LogP) is 4.05. The van der Waals surface area contributed by atoms with E-state index in [0.29, 0.717) is 24.5 Å². The van der Waals surface area contributed by atoms with Crippen LogP contribution >= 0.6 is 15.9 Å². The van der Waals surface area contributed by atoms with Gasteiger partial charge in [0.25, 0.3) is 5.91 Å². The number of esters is 1. The minimum Gasteiger partial charge on any atom is -0.497 e. The fourth-order valence-corrected chi connectivity index (χ4v) is 3.10. The Bertz CT molecular complexity index is 857. The van der Waals surface area contributed by atoms with Crippen molar-refractivity contribution >= 4 is 27.8 Å². The number of hydrogen-bond acceptors (Lipinski definition) is 6. The molecule has 2 aromatic rings. The van der Waals surface area contributed by atoms with Crippen molar-refractivity contribution in [2.24, 2.45) is 0 Å². The summed E-state index contributed by atoms with van der Waals surface area (Å²) in [5, 5.41) is 2.79. The molecule has 2 aromatic carbocycles. The average molecular weight is 480 g/mol. The highest BCUT2D eigenvalue weighted by Crippen LogP contribution is 2.29. The minimum absolute atomic E-state index is 0.167. The topological polar surface area (TPSA) is 83.1 Å². The number of ether oxygens (including phenoxy) is 4. The van der Waals surface area contributed by atoms with E-state index in [1.54, 1.807) is 32.4 Å². The molecule has 0 heterocycles. The molecule has 0 aliphatic heterocycles. The Morgan fingerprint density at radius 1 is 1.07 bits per heavy atom. The monoisotopic (exact) mass is 479 g/mol. The first-order valence-electron chi connectivity index (χ1n) is 9.48. The molecule has 0 spiro atoms. The van der Waals surface area contributed by atoms with Crippen LogP contribution in [0.5, 0.6) is 17.2 Å². The van der Waals surface area contributed by atoms with Crippen molar-refractivity contribution in [3.8, 4) is 17.2 Å². The zero-order valence-electron chi connectivity index (χ0n) is 17.3. The van der Waals surface area contributed by atoms with Crippen LogP contribution < -0.4 is 19.5 Å². The molecule has 7 nitrogen and oxygen atoms in total. The molecule has 162 valence electrons. The Balaban J connectivity index is 1.71. The third kappa shape index (κ3) is 7.59. The molecule has 1 N–H and O–H groups in total. The summed E-state index contributed by atoms with van der Waals surface area (Å²) >= 11 is 3.37. The van der Waals surface area contributed by atoms with Crippen molar-refractivity contribution in [1.29, 1.82) is 0 Å². The molecule has 1 amide bonds. The maximum Gasteiger partial charge on any atom is 0.306 e. The fraction of sp³-hybridized carbons (Fsp3) is 0.364. The summed E-state index contributed by atoms with van der Waals surface area (Å²) in [5.74, 6) is 1.16. The number of halogens is 1. The Morgan fingerprint density at radius 3 is 2.57 bits per heavy atom. The molecule has 0 aromatic heterocycles. The lowest BCUT2D eigenvalue weighted by atomic mass is 10.1. The summed E-state index contributed by atoms with van der Waals surface area (Å²) < 4.78 is 22.1. The van der Waals surface area contributed by atoms with E-state index in [-0.39, 0.29) is 19.1 Å². The van der Waals surface area contributed by atoms with Gasteiger partial charge in [0.2, 0.25) is 0 Å². The van der Waals surface area contributed by atoms with E-state index in [2.05, 4.69) is 21.2 Å². The lowest BCUT2D eigenvalue weighted by Gasteiger charge is -2.18. The van der Waals surface area contributed by atoms with Crippen LogP contribution in [0.3, 0.4) is 0 Å². The number of carbonyl (C=O) groups is 2. The van der Waals surface area contributed by atoms with Crippen LogP contribution in [-0.2, 0) is 14.3 Å². The van der Waals surface area contributed by atoms with Gasteiger partial charge >= 0.3 is 5.97 Å². The van der Waals surface area contributed by atoms with Gasteiger partial charge in [0.1, 0.15) is 17.2 Å². The van der Waals surface area contributed by atoms with Crippen LogP contribution in [0.15, 0.2) is 46.9 Å². The van der Waals surface area contributed by atoms with Gasteiger partial charge in [-0.2, -0.15) is 0 Å². The lowest BCUT2D eigenvalue weighted by Crippen LogP contribution is -2.31. The molecule has 8 heteroatoms. The van der Waals surface area contributed by atoms with Crippen LogP contribution in [-0.4, -0.2) is 39.3 Å². The van der Waals surface area contributed by atoms with Crippen LogP contribution in [0.4, 0.5) is 0 Å². The molecule has 0 aliphatic carbocycles. The molecular weight excluding hydrogens is 454 g/mol. The van der Waals surface area contributed by atoms with Crippen molar-refractivity contribution in [1.82, 2.24) is 5.32 Å². The Morgan fingerprint density at radius 2 is 1.87 bits per heavy atom. The molecule has 2 rings (SSSR count). The predicted molar refractivity (Wildman–Crippen MR) is 116 cm³/mol. The molecular formula is C22H26BrNO6. The first kappa shape index (κ1) is 23.5. The molecule has 0 saturated carbocycles. The number of amides is 1. The second-order valence-electron chi connectivity index (χ2n) is 6.47. The molecule has 1 atom stereocenters. The van der Waals surface area contributed by atoms with E-state index in [0.717, 1.165) is 15.8 Å². The van der Waals surface area contributed by atoms with E-state index < -0.39 is 11.9 Å². The van der Waals surface area contributed by atoms with E-state index in [1.165, 1.54) is 0 Å². The van der Waals surface area contributed by atoms with Crippen molar-refractivity contribution in [2.75, 3.05) is 27.4 Å². The largest absolute Gasteiger partial charge is 0.497 e. The molecule has 30 heavy (non-hydrogen) atoms. The van der Waals surface area contributed by atoms with Crippen molar-refractivity contribution in [3.63, 3.8) is 0 Å². The number of benzene rings is 2. The Labute approximate surface area is 184 Å². The summed E-state index contributed by atoms with van der Waals surface area (Å²) in [6.45, 7) is 1.85. The number of rotatable bonds is 11. The molecule has 0 fully saturated rings. The van der Waals surface area contributed by atoms with E-state index >= 15 is 0 Å². The van der Waals surface area contributed by atoms with Crippen molar-refractivity contribution in [3.05, 3.63) is 52.5 Å². The highest BCUT2D eigenvalue weighted by atomic mass is 79.9. The number of carbonyl (C=O) groups excluding carboxylic acids is 2. The fourth-order valence-electron chi connectivity index (χ4n) is 2.72. The smallest absolute Gasteiger partial charge is 0.306 e. The van der Waals surface area contributed by atoms with Crippen LogP contribution in [0.25, 0.3) is 0 Å². The lowest BCUT2D eigenvalue weighted by molar-refractivity contribution is -0.148. The highest BCUT2D eigenvalue weighted by Gasteiger charge is 2.16. The van der Waals surface area contributed by atoms with E-state index in [1.807, 2.05) is 31.2 Å². The van der Waals surface area contributed by atoms with Crippen molar-refractivity contribution < 1.29 is 28.5 Å². The van der Waals surface area contributed by atoms with Crippen LogP contribution in [0.1, 0.15) is 31.4 Å². The van der Waals surface area contributed by atoms with E-state index in [9.17, 15) is 9.59 Å². The van der Waals surface area contributed by atoms with Gasteiger partial charge in [0.15, 0.2) is 6.61 Å². The summed E-state index contributed by atoms with van der Waals surface area (Å²) in [4.78, 5) is 24.0. The van der Waals surface area contributed by atoms with Gasteiger partial charge in [-0.05, 0) is 49.7 Å². The van der Waals surface area contributed by atoms with Gasteiger partial charge < -0.3 is 24.3 Å². The van der Waals surface area contributed by atoms with Crippen LogP contribution in [0.2, 0.25) is 0 Å². The molecule has 0 unspecified atom stereocenters. The summed E-state index contributed by atoms with van der Waals surface area (Å²) in [6, 6.07) is 12.5. The summed E-state index contributed by atoms with van der Waals surface area (Å²) in [5.41, 5.74) is 0.765. The van der Waals surface area contributed by atoms with E-state index in [4.69, 9.17) is 18.9 Å². The molecule has 0 saturated heterocycles. The third-order valence-corrected chi connectivity index (χ3v) is 4.73. The number of hydrogen-bond donors (Lipinski definition) is 1. The second kappa shape index (κ2) is 12.1. The standard InChI is InChI=1S/C22H26BrNO6/c1-15(19-13-17(27-2)9-10-20(19)28-3)24-21(25)14-30-22(26)8-5-11-29-18-7-4-6-16(23)12-18/h4,6-7,9-10,12-13,15H,5,8,11,14H2,1-3H3,(H,24,25)/t15-/m1/s1. The van der Waals surface area contributed by atoms with Gasteiger partial charge in [0, 0.05) is 16.5 Å². The van der Waals surface area contributed by atoms with Gasteiger partial charge in [-0.25, -0.2) is 0 Å². The van der Waals surface area contributed by atoms with Gasteiger partial charge in [-0.15, -0.1) is 0 Å². The first-order chi connectivity index (χ1) is 14.4. The normalized spacial score (nSPS) is 11.3. The average Bonchev–Trinajstić information content (AvgIpc) is 2.74. The quantitative estimate of drug-likeness (QED) is 0.386. The zero-order chi connectivity index (χ0) is 21.9. The zero-order valence-corrected chi connectivity index (χ0v) is 18.9. The minimum atomic E-state index is -0.449. The Hall–Kier alpha value is -2.74. The second-order valence-corrected chi connectivity index (χ2v) is 7.38. The highest BCUT2D eigenvalue weighted by molar-refractivity contribution is 9.10. The first-order valence-corrected chi connectivity index (χ1v) is 10.3. The number of methoxy groups -OCH3 is 2. The van der Waals surface area contributed by atoms with Gasteiger partial charge in [-0.3, -0.25) is 9.59 Å². The maximum absolute atomic E-state index is 12.1.